The molecule has 2 aromatic heterocycles. The number of likely N-dealkylation sites (tertiary alicyclic amines) is 1. The van der Waals surface area contributed by atoms with Crippen molar-refractivity contribution in [2.45, 2.75) is 45.3 Å². The predicted octanol–water partition coefficient (Wildman–Crippen LogP) is 3.55. The van der Waals surface area contributed by atoms with Gasteiger partial charge in [0.25, 0.3) is 5.56 Å². The maximum Gasteiger partial charge on any atom is 0.331 e. The molecule has 1 saturated heterocycles. The fraction of sp³-hybridized carbons (Fsp3) is 0.333. The van der Waals surface area contributed by atoms with Crippen molar-refractivity contribution in [1.29, 1.82) is 0 Å². The number of fused-ring (bicyclic) bond motifs is 2. The number of carbonyl (C=O) groups excluding carboxylic acids is 1. The Bertz CT molecular complexity index is 1400. The van der Waals surface area contributed by atoms with Crippen LogP contribution in [0.25, 0.3) is 21.1 Å². The van der Waals surface area contributed by atoms with Crippen molar-refractivity contribution in [3.8, 4) is 0 Å². The van der Waals surface area contributed by atoms with Gasteiger partial charge in [-0.3, -0.25) is 18.7 Å². The van der Waals surface area contributed by atoms with E-state index in [9.17, 15) is 14.4 Å². The van der Waals surface area contributed by atoms with E-state index >= 15 is 0 Å². The van der Waals surface area contributed by atoms with E-state index in [1.54, 1.807) is 42.5 Å². The number of thiazole rings is 1. The summed E-state index contributed by atoms with van der Waals surface area (Å²) in [7, 11) is 0. The second kappa shape index (κ2) is 8.35. The van der Waals surface area contributed by atoms with Crippen LogP contribution in [0.3, 0.4) is 0 Å². The number of piperidine rings is 1. The molecule has 1 atom stereocenters. The molecule has 0 spiro atoms. The second-order valence-corrected chi connectivity index (χ2v) is 9.12. The third-order valence-corrected chi connectivity index (χ3v) is 7.30. The third-order valence-electron chi connectivity index (χ3n) is 6.16. The van der Waals surface area contributed by atoms with Crippen LogP contribution < -0.4 is 11.2 Å². The van der Waals surface area contributed by atoms with Crippen molar-refractivity contribution >= 4 is 38.4 Å². The molecule has 0 bridgehead atoms. The highest BCUT2D eigenvalue weighted by Crippen LogP contribution is 2.35. The first kappa shape index (κ1) is 20.6. The van der Waals surface area contributed by atoms with Crippen LogP contribution in [0.15, 0.2) is 58.1 Å². The van der Waals surface area contributed by atoms with Gasteiger partial charge in [0.05, 0.1) is 27.2 Å². The average Bonchev–Trinajstić information content (AvgIpc) is 3.26. The molecule has 1 aliphatic rings. The zero-order valence-electron chi connectivity index (χ0n) is 17.9. The number of nitrogens with zero attached hydrogens (tertiary/aromatic N) is 4. The zero-order chi connectivity index (χ0) is 22.2. The fourth-order valence-electron chi connectivity index (χ4n) is 4.55. The Morgan fingerprint density at radius 1 is 1.06 bits per heavy atom. The zero-order valence-corrected chi connectivity index (χ0v) is 18.7. The summed E-state index contributed by atoms with van der Waals surface area (Å²) in [6.07, 6.45) is 2.82. The van der Waals surface area contributed by atoms with Crippen molar-refractivity contribution in [2.24, 2.45) is 0 Å². The van der Waals surface area contributed by atoms with Crippen LogP contribution in [0.5, 0.6) is 0 Å². The summed E-state index contributed by atoms with van der Waals surface area (Å²) in [5.41, 5.74) is 0.678. The number of aromatic nitrogens is 3. The first-order valence-electron chi connectivity index (χ1n) is 11.0. The van der Waals surface area contributed by atoms with Gasteiger partial charge in [-0.2, -0.15) is 0 Å². The number of carbonyl (C=O) groups is 1. The Hall–Kier alpha value is -3.26. The minimum absolute atomic E-state index is 0.0901. The molecule has 7 nitrogen and oxygen atoms in total. The molecule has 5 rings (SSSR count). The van der Waals surface area contributed by atoms with Crippen molar-refractivity contribution in [3.05, 3.63) is 74.4 Å². The molecular weight excluding hydrogens is 424 g/mol. The summed E-state index contributed by atoms with van der Waals surface area (Å²) in [6.45, 7) is 2.56. The minimum atomic E-state index is -0.446. The molecular formula is C24H24N4O3S. The molecule has 8 heteroatoms. The highest BCUT2D eigenvalue weighted by Gasteiger charge is 2.31. The molecule has 0 N–H and O–H groups in total. The lowest BCUT2D eigenvalue weighted by Gasteiger charge is -2.34. The van der Waals surface area contributed by atoms with Crippen molar-refractivity contribution in [3.63, 3.8) is 0 Å². The van der Waals surface area contributed by atoms with Crippen LogP contribution in [-0.2, 0) is 17.9 Å². The van der Waals surface area contributed by atoms with Gasteiger partial charge in [-0.15, -0.1) is 11.3 Å². The van der Waals surface area contributed by atoms with Crippen LogP contribution in [0, 0.1) is 0 Å². The summed E-state index contributed by atoms with van der Waals surface area (Å²) >= 11 is 1.63. The molecule has 32 heavy (non-hydrogen) atoms. The summed E-state index contributed by atoms with van der Waals surface area (Å²) in [6, 6.07) is 14.9. The van der Waals surface area contributed by atoms with Crippen LogP contribution in [0.4, 0.5) is 0 Å². The van der Waals surface area contributed by atoms with Gasteiger partial charge in [-0.1, -0.05) is 24.3 Å². The SMILES string of the molecule is CCn1c(=O)c2ccccc2n(CC(=O)N2CCCC[C@@H]2c2nc3ccccc3s2)c1=O. The van der Waals surface area contributed by atoms with E-state index in [1.165, 1.54) is 9.13 Å². The standard InChI is InChI=1S/C24H24N4O3S/c1-2-26-23(30)16-9-3-5-11-18(16)28(24(26)31)15-21(29)27-14-8-7-12-19(27)22-25-17-10-4-6-13-20(17)32-22/h3-6,9-11,13,19H,2,7-8,12,14-15H2,1H3/t19-/m1/s1. The second-order valence-electron chi connectivity index (χ2n) is 8.05. The molecule has 4 aromatic rings. The molecule has 1 fully saturated rings. The lowest BCUT2D eigenvalue weighted by Crippen LogP contribution is -2.45. The lowest BCUT2D eigenvalue weighted by atomic mass is 10.0. The summed E-state index contributed by atoms with van der Waals surface area (Å²) in [5.74, 6) is -0.123. The Labute approximate surface area is 188 Å². The maximum absolute atomic E-state index is 13.5. The topological polar surface area (TPSA) is 77.2 Å². The molecule has 1 aliphatic heterocycles. The Morgan fingerprint density at radius 2 is 1.84 bits per heavy atom. The van der Waals surface area contributed by atoms with Gasteiger partial charge in [-0.25, -0.2) is 9.78 Å². The summed E-state index contributed by atoms with van der Waals surface area (Å²) in [4.78, 5) is 45.9. The highest BCUT2D eigenvalue weighted by atomic mass is 32.1. The number of rotatable bonds is 4. The van der Waals surface area contributed by atoms with Crippen LogP contribution >= 0.6 is 11.3 Å². The van der Waals surface area contributed by atoms with Gasteiger partial charge in [0.2, 0.25) is 5.91 Å². The van der Waals surface area contributed by atoms with Crippen LogP contribution in [0.1, 0.15) is 37.2 Å². The largest absolute Gasteiger partial charge is 0.332 e. The molecule has 0 unspecified atom stereocenters. The van der Waals surface area contributed by atoms with Gasteiger partial charge in [0.1, 0.15) is 11.6 Å². The third kappa shape index (κ3) is 3.44. The molecule has 3 heterocycles. The minimum Gasteiger partial charge on any atom is -0.332 e. The number of benzene rings is 2. The smallest absolute Gasteiger partial charge is 0.331 e. The molecule has 0 radical (unpaired) electrons. The Morgan fingerprint density at radius 3 is 2.66 bits per heavy atom. The number of hydrogen-bond acceptors (Lipinski definition) is 5. The van der Waals surface area contributed by atoms with E-state index in [0.29, 0.717) is 17.4 Å². The van der Waals surface area contributed by atoms with E-state index < -0.39 is 5.69 Å². The number of para-hydroxylation sites is 2. The normalized spacial score (nSPS) is 16.7. The van der Waals surface area contributed by atoms with Crippen molar-refractivity contribution in [1.82, 2.24) is 19.0 Å². The van der Waals surface area contributed by atoms with Crippen LogP contribution in [0.2, 0.25) is 0 Å². The predicted molar refractivity (Wildman–Crippen MR) is 126 cm³/mol. The van der Waals surface area contributed by atoms with Gasteiger partial charge in [-0.05, 0) is 50.5 Å². The number of amides is 1. The highest BCUT2D eigenvalue weighted by molar-refractivity contribution is 7.18. The molecule has 2 aromatic carbocycles. The van der Waals surface area contributed by atoms with E-state index in [0.717, 1.165) is 34.5 Å². The van der Waals surface area contributed by atoms with Gasteiger partial charge >= 0.3 is 5.69 Å². The first-order chi connectivity index (χ1) is 15.6. The maximum atomic E-state index is 13.5. The fourth-order valence-corrected chi connectivity index (χ4v) is 5.66. The monoisotopic (exact) mass is 448 g/mol. The Kier molecular flexibility index (Phi) is 5.38. The molecule has 0 aliphatic carbocycles. The lowest BCUT2D eigenvalue weighted by molar-refractivity contribution is -0.135. The quantitative estimate of drug-likeness (QED) is 0.478. The summed E-state index contributed by atoms with van der Waals surface area (Å²) < 4.78 is 3.74. The van der Waals surface area contributed by atoms with Crippen molar-refractivity contribution in [2.75, 3.05) is 6.54 Å². The molecule has 164 valence electrons. The van der Waals surface area contributed by atoms with Crippen molar-refractivity contribution < 1.29 is 4.79 Å². The van der Waals surface area contributed by atoms with E-state index in [2.05, 4.69) is 0 Å². The van der Waals surface area contributed by atoms with Gasteiger partial charge in [0.15, 0.2) is 0 Å². The molecule has 0 saturated carbocycles. The summed E-state index contributed by atoms with van der Waals surface area (Å²) in [5, 5.41) is 1.39. The number of hydrogen-bond donors (Lipinski definition) is 0. The van der Waals surface area contributed by atoms with Gasteiger partial charge < -0.3 is 4.90 Å². The van der Waals surface area contributed by atoms with E-state index in [4.69, 9.17) is 4.98 Å². The Balaban J connectivity index is 1.53. The first-order valence-corrected chi connectivity index (χ1v) is 11.8. The average molecular weight is 449 g/mol. The van der Waals surface area contributed by atoms with Crippen LogP contribution in [-0.4, -0.2) is 31.5 Å². The van der Waals surface area contributed by atoms with E-state index in [1.807, 2.05) is 29.2 Å². The van der Waals surface area contributed by atoms with Gasteiger partial charge in [0, 0.05) is 13.1 Å². The van der Waals surface area contributed by atoms with E-state index in [-0.39, 0.29) is 30.6 Å². The molecule has 1 amide bonds.